The van der Waals surface area contributed by atoms with Crippen LogP contribution in [0.4, 0.5) is 0 Å². The van der Waals surface area contributed by atoms with Crippen LogP contribution in [0.5, 0.6) is 11.5 Å². The van der Waals surface area contributed by atoms with Crippen molar-refractivity contribution < 1.29 is 9.47 Å². The Kier molecular flexibility index (Phi) is 4.14. The largest absolute Gasteiger partial charge is 0.497 e. The number of hydrogen-bond donors (Lipinski definition) is 0. The van der Waals surface area contributed by atoms with Crippen molar-refractivity contribution in [3.8, 4) is 22.9 Å². The third-order valence-electron chi connectivity index (χ3n) is 4.00. The van der Waals surface area contributed by atoms with Gasteiger partial charge in [0, 0.05) is 11.1 Å². The first-order valence-electron chi connectivity index (χ1n) is 7.88. The Bertz CT molecular complexity index is 1180. The van der Waals surface area contributed by atoms with E-state index in [1.165, 1.54) is 11.3 Å². The molecule has 6 nitrogen and oxygen atoms in total. The van der Waals surface area contributed by atoms with Crippen LogP contribution in [-0.2, 0) is 0 Å². The van der Waals surface area contributed by atoms with Gasteiger partial charge in [0.25, 0.3) is 5.56 Å². The zero-order valence-electron chi connectivity index (χ0n) is 14.2. The van der Waals surface area contributed by atoms with Crippen molar-refractivity contribution in [3.63, 3.8) is 0 Å². The molecule has 4 rings (SSSR count). The second-order valence-electron chi connectivity index (χ2n) is 5.53. The fraction of sp³-hybridized carbons (Fsp3) is 0.105. The quantitative estimate of drug-likeness (QED) is 0.556. The summed E-state index contributed by atoms with van der Waals surface area (Å²) >= 11 is 1.29. The number of ether oxygens (including phenoxy) is 2. The summed E-state index contributed by atoms with van der Waals surface area (Å²) in [7, 11) is 3.19. The highest BCUT2D eigenvalue weighted by molar-refractivity contribution is 7.15. The van der Waals surface area contributed by atoms with Crippen molar-refractivity contribution in [2.24, 2.45) is 0 Å². The Balaban J connectivity index is 1.92. The molecule has 0 N–H and O–H groups in total. The van der Waals surface area contributed by atoms with Crippen LogP contribution < -0.4 is 19.6 Å². The van der Waals surface area contributed by atoms with E-state index in [-0.39, 0.29) is 5.56 Å². The molecule has 0 spiro atoms. The van der Waals surface area contributed by atoms with Crippen molar-refractivity contribution >= 4 is 22.4 Å². The molecule has 0 saturated carbocycles. The maximum atomic E-state index is 12.9. The summed E-state index contributed by atoms with van der Waals surface area (Å²) in [6, 6.07) is 15.0. The Morgan fingerprint density at radius 2 is 1.85 bits per heavy atom. The Labute approximate surface area is 153 Å². The number of rotatable bonds is 4. The number of nitrogens with zero attached hydrogens (tertiary/aromatic N) is 3. The van der Waals surface area contributed by atoms with Crippen LogP contribution in [0.3, 0.4) is 0 Å². The van der Waals surface area contributed by atoms with Crippen LogP contribution in [0.2, 0.25) is 0 Å². The summed E-state index contributed by atoms with van der Waals surface area (Å²) in [4.78, 5) is 13.5. The van der Waals surface area contributed by atoms with E-state index in [2.05, 4.69) is 10.2 Å². The van der Waals surface area contributed by atoms with E-state index in [1.807, 2.05) is 48.5 Å². The van der Waals surface area contributed by atoms with Crippen LogP contribution in [0.25, 0.3) is 22.4 Å². The first-order valence-corrected chi connectivity index (χ1v) is 8.70. The minimum atomic E-state index is -0.154. The van der Waals surface area contributed by atoms with E-state index >= 15 is 0 Å². The summed E-state index contributed by atoms with van der Waals surface area (Å²) in [6.45, 7) is 0. The van der Waals surface area contributed by atoms with Gasteiger partial charge in [-0.25, -0.2) is 4.40 Å². The molecule has 0 atom stereocenters. The van der Waals surface area contributed by atoms with Crippen molar-refractivity contribution in [1.82, 2.24) is 14.6 Å². The average molecular weight is 365 g/mol. The summed E-state index contributed by atoms with van der Waals surface area (Å²) in [5, 5.41) is 8.31. The smallest absolute Gasteiger partial charge is 0.276 e. The third-order valence-corrected chi connectivity index (χ3v) is 4.96. The van der Waals surface area contributed by atoms with Gasteiger partial charge < -0.3 is 9.47 Å². The predicted molar refractivity (Wildman–Crippen MR) is 101 cm³/mol. The number of aromatic nitrogens is 3. The molecule has 0 unspecified atom stereocenters. The molecule has 0 fully saturated rings. The summed E-state index contributed by atoms with van der Waals surface area (Å²) in [5.41, 5.74) is 1.46. The summed E-state index contributed by atoms with van der Waals surface area (Å²) in [6.07, 6.45) is 1.79. The second kappa shape index (κ2) is 6.61. The first-order chi connectivity index (χ1) is 12.7. The lowest BCUT2D eigenvalue weighted by molar-refractivity contribution is 0.402. The van der Waals surface area contributed by atoms with Gasteiger partial charge in [-0.1, -0.05) is 41.7 Å². The molecule has 0 bridgehead atoms. The SMILES string of the molecule is COc1ccc(OC)c(/C=c2\sc3nnc(-c4ccccc4)n3c2=O)c1. The van der Waals surface area contributed by atoms with Crippen molar-refractivity contribution in [1.29, 1.82) is 0 Å². The van der Waals surface area contributed by atoms with E-state index in [9.17, 15) is 4.79 Å². The van der Waals surface area contributed by atoms with Gasteiger partial charge in [0.05, 0.1) is 18.8 Å². The van der Waals surface area contributed by atoms with Crippen LogP contribution in [0.1, 0.15) is 5.56 Å². The summed E-state index contributed by atoms with van der Waals surface area (Å²) < 4.78 is 12.7. The molecule has 4 aromatic rings. The fourth-order valence-corrected chi connectivity index (χ4v) is 3.63. The zero-order chi connectivity index (χ0) is 18.1. The Hall–Kier alpha value is -3.19. The lowest BCUT2D eigenvalue weighted by Gasteiger charge is -2.06. The monoisotopic (exact) mass is 365 g/mol. The third kappa shape index (κ3) is 2.72. The fourth-order valence-electron chi connectivity index (χ4n) is 2.73. The van der Waals surface area contributed by atoms with E-state index in [1.54, 1.807) is 24.7 Å². The highest BCUT2D eigenvalue weighted by Crippen LogP contribution is 2.24. The lowest BCUT2D eigenvalue weighted by atomic mass is 10.2. The van der Waals surface area contributed by atoms with Crippen LogP contribution in [0.15, 0.2) is 53.3 Å². The molecule has 0 aliphatic rings. The van der Waals surface area contributed by atoms with Gasteiger partial charge in [0.15, 0.2) is 5.82 Å². The highest BCUT2D eigenvalue weighted by atomic mass is 32.1. The second-order valence-corrected chi connectivity index (χ2v) is 6.54. The summed E-state index contributed by atoms with van der Waals surface area (Å²) in [5.74, 6) is 1.90. The van der Waals surface area contributed by atoms with E-state index in [0.717, 1.165) is 11.1 Å². The predicted octanol–water partition coefficient (Wildman–Crippen LogP) is 2.38. The maximum absolute atomic E-state index is 12.9. The minimum Gasteiger partial charge on any atom is -0.497 e. The molecule has 0 aliphatic heterocycles. The molecule has 2 aromatic carbocycles. The molecule has 0 radical (unpaired) electrons. The molecular weight excluding hydrogens is 350 g/mol. The van der Waals surface area contributed by atoms with Gasteiger partial charge in [0.2, 0.25) is 4.96 Å². The van der Waals surface area contributed by atoms with Crippen molar-refractivity contribution in [2.75, 3.05) is 14.2 Å². The standard InChI is InChI=1S/C19H15N3O3S/c1-24-14-8-9-15(25-2)13(10-14)11-16-18(23)22-17(20-21-19(22)26-16)12-6-4-3-5-7-12/h3-11H,1-2H3/b16-11-. The topological polar surface area (TPSA) is 65.7 Å². The normalized spacial score (nSPS) is 11.8. The van der Waals surface area contributed by atoms with Gasteiger partial charge in [-0.2, -0.15) is 0 Å². The molecule has 0 amide bonds. The van der Waals surface area contributed by atoms with Gasteiger partial charge in [0.1, 0.15) is 11.5 Å². The average Bonchev–Trinajstić information content (AvgIpc) is 3.23. The van der Waals surface area contributed by atoms with E-state index in [0.29, 0.717) is 26.8 Å². The molecule has 2 aromatic heterocycles. The highest BCUT2D eigenvalue weighted by Gasteiger charge is 2.14. The number of benzene rings is 2. The molecule has 2 heterocycles. The molecule has 26 heavy (non-hydrogen) atoms. The molecule has 0 aliphatic carbocycles. The number of hydrogen-bond acceptors (Lipinski definition) is 6. The Morgan fingerprint density at radius 3 is 2.58 bits per heavy atom. The van der Waals surface area contributed by atoms with Crippen LogP contribution in [0, 0.1) is 0 Å². The van der Waals surface area contributed by atoms with Gasteiger partial charge in [-0.05, 0) is 24.3 Å². The van der Waals surface area contributed by atoms with Crippen LogP contribution in [-0.4, -0.2) is 28.8 Å². The molecule has 0 saturated heterocycles. The van der Waals surface area contributed by atoms with Crippen LogP contribution >= 0.6 is 11.3 Å². The van der Waals surface area contributed by atoms with Crippen molar-refractivity contribution in [3.05, 3.63) is 69.0 Å². The van der Waals surface area contributed by atoms with Gasteiger partial charge in [-0.3, -0.25) is 4.79 Å². The molecule has 7 heteroatoms. The molecular formula is C19H15N3O3S. The number of fused-ring (bicyclic) bond motifs is 1. The van der Waals surface area contributed by atoms with E-state index in [4.69, 9.17) is 9.47 Å². The van der Waals surface area contributed by atoms with E-state index < -0.39 is 0 Å². The maximum Gasteiger partial charge on any atom is 0.276 e. The lowest BCUT2D eigenvalue weighted by Crippen LogP contribution is -2.23. The number of methoxy groups -OCH3 is 2. The first kappa shape index (κ1) is 16.3. The van der Waals surface area contributed by atoms with Crippen molar-refractivity contribution in [2.45, 2.75) is 0 Å². The van der Waals surface area contributed by atoms with Gasteiger partial charge >= 0.3 is 0 Å². The molecule has 130 valence electrons. The number of thiazole rings is 1. The Morgan fingerprint density at radius 1 is 1.04 bits per heavy atom. The zero-order valence-corrected chi connectivity index (χ0v) is 15.0. The minimum absolute atomic E-state index is 0.154. The van der Waals surface area contributed by atoms with Gasteiger partial charge in [-0.15, -0.1) is 10.2 Å².